The number of anilines is 1. The molecular formula is C15H24N4O2. The van der Waals surface area contributed by atoms with E-state index in [1.165, 1.54) is 0 Å². The molecule has 0 unspecified atom stereocenters. The van der Waals surface area contributed by atoms with Gasteiger partial charge in [0.1, 0.15) is 0 Å². The number of rotatable bonds is 2. The molecule has 6 heteroatoms. The maximum atomic E-state index is 11.8. The number of carbonyl (C=O) groups excluding carboxylic acids is 1. The van der Waals surface area contributed by atoms with E-state index in [0.29, 0.717) is 18.0 Å². The summed E-state index contributed by atoms with van der Waals surface area (Å²) in [5, 5.41) is 4.08. The average molecular weight is 292 g/mol. The predicted molar refractivity (Wildman–Crippen MR) is 79.2 cm³/mol. The molecule has 1 aromatic heterocycles. The molecule has 3 heterocycles. The summed E-state index contributed by atoms with van der Waals surface area (Å²) in [5.74, 6) is 1.07. The summed E-state index contributed by atoms with van der Waals surface area (Å²) >= 11 is 0. The zero-order valence-corrected chi connectivity index (χ0v) is 13.1. The second kappa shape index (κ2) is 5.31. The highest BCUT2D eigenvalue weighted by molar-refractivity contribution is 5.78. The van der Waals surface area contributed by atoms with Crippen molar-refractivity contribution in [1.82, 2.24) is 15.0 Å². The SMILES string of the molecule is CC(C)(C)c1noc(N2CCC(N3CCCC3=O)CC2)n1. The number of carbonyl (C=O) groups is 1. The lowest BCUT2D eigenvalue weighted by Gasteiger charge is -2.35. The van der Waals surface area contributed by atoms with Crippen LogP contribution >= 0.6 is 0 Å². The maximum Gasteiger partial charge on any atom is 0.324 e. The Bertz CT molecular complexity index is 512. The first-order valence-electron chi connectivity index (χ1n) is 7.84. The van der Waals surface area contributed by atoms with Gasteiger partial charge in [0.2, 0.25) is 5.91 Å². The van der Waals surface area contributed by atoms with E-state index in [0.717, 1.165) is 51.1 Å². The number of nitrogens with zero attached hydrogens (tertiary/aromatic N) is 4. The van der Waals surface area contributed by atoms with E-state index < -0.39 is 0 Å². The maximum absolute atomic E-state index is 11.8. The fourth-order valence-corrected chi connectivity index (χ4v) is 3.07. The normalized spacial score (nSPS) is 21.4. The molecule has 0 spiro atoms. The van der Waals surface area contributed by atoms with Gasteiger partial charge in [-0.05, 0) is 19.3 Å². The zero-order chi connectivity index (χ0) is 15.0. The topological polar surface area (TPSA) is 62.5 Å². The van der Waals surface area contributed by atoms with Crippen LogP contribution in [0.5, 0.6) is 0 Å². The molecule has 21 heavy (non-hydrogen) atoms. The van der Waals surface area contributed by atoms with Gasteiger partial charge in [-0.2, -0.15) is 4.98 Å². The third-order valence-electron chi connectivity index (χ3n) is 4.37. The standard InChI is InChI=1S/C15H24N4O2/c1-15(2,3)13-16-14(21-17-13)18-9-6-11(7-10-18)19-8-4-5-12(19)20/h11H,4-10H2,1-3H3. The van der Waals surface area contributed by atoms with Crippen LogP contribution in [0.15, 0.2) is 4.52 Å². The van der Waals surface area contributed by atoms with Crippen LogP contribution in [-0.2, 0) is 10.2 Å². The van der Waals surface area contributed by atoms with Crippen LogP contribution in [-0.4, -0.2) is 46.6 Å². The third-order valence-corrected chi connectivity index (χ3v) is 4.37. The van der Waals surface area contributed by atoms with Gasteiger partial charge in [-0.25, -0.2) is 0 Å². The van der Waals surface area contributed by atoms with Gasteiger partial charge >= 0.3 is 6.01 Å². The van der Waals surface area contributed by atoms with Crippen molar-refractivity contribution >= 4 is 11.9 Å². The summed E-state index contributed by atoms with van der Waals surface area (Å²) in [6, 6.07) is 1.01. The lowest BCUT2D eigenvalue weighted by molar-refractivity contribution is -0.130. The predicted octanol–water partition coefficient (Wildman–Crippen LogP) is 1.96. The fourth-order valence-electron chi connectivity index (χ4n) is 3.07. The van der Waals surface area contributed by atoms with E-state index in [1.54, 1.807) is 0 Å². The van der Waals surface area contributed by atoms with E-state index >= 15 is 0 Å². The van der Waals surface area contributed by atoms with Crippen molar-refractivity contribution in [2.24, 2.45) is 0 Å². The molecule has 2 aliphatic rings. The molecule has 0 bridgehead atoms. The van der Waals surface area contributed by atoms with Crippen LogP contribution in [0, 0.1) is 0 Å². The molecule has 0 N–H and O–H groups in total. The highest BCUT2D eigenvalue weighted by Crippen LogP contribution is 2.26. The Labute approximate surface area is 125 Å². The van der Waals surface area contributed by atoms with Gasteiger partial charge in [0, 0.05) is 37.5 Å². The number of piperidine rings is 1. The number of amides is 1. The molecular weight excluding hydrogens is 268 g/mol. The highest BCUT2D eigenvalue weighted by atomic mass is 16.5. The summed E-state index contributed by atoms with van der Waals surface area (Å²) < 4.78 is 5.40. The molecule has 0 radical (unpaired) electrons. The van der Waals surface area contributed by atoms with Crippen molar-refractivity contribution in [3.63, 3.8) is 0 Å². The monoisotopic (exact) mass is 292 g/mol. The van der Waals surface area contributed by atoms with Gasteiger partial charge < -0.3 is 14.3 Å². The summed E-state index contributed by atoms with van der Waals surface area (Å²) in [5.41, 5.74) is -0.0952. The lowest BCUT2D eigenvalue weighted by Crippen LogP contribution is -2.45. The molecule has 1 amide bonds. The molecule has 6 nitrogen and oxygen atoms in total. The van der Waals surface area contributed by atoms with Crippen LogP contribution in [0.4, 0.5) is 6.01 Å². The van der Waals surface area contributed by atoms with Crippen molar-refractivity contribution in [3.8, 4) is 0 Å². The van der Waals surface area contributed by atoms with Gasteiger partial charge in [-0.3, -0.25) is 4.79 Å². The molecule has 116 valence electrons. The van der Waals surface area contributed by atoms with Gasteiger partial charge in [-0.1, -0.05) is 25.9 Å². The van der Waals surface area contributed by atoms with Crippen LogP contribution < -0.4 is 4.90 Å². The molecule has 0 aromatic carbocycles. The Hall–Kier alpha value is -1.59. The molecule has 0 atom stereocenters. The molecule has 0 saturated carbocycles. The second-order valence-corrected chi connectivity index (χ2v) is 7.06. The molecule has 2 fully saturated rings. The molecule has 1 aromatic rings. The Balaban J connectivity index is 1.61. The Morgan fingerprint density at radius 1 is 1.19 bits per heavy atom. The van der Waals surface area contributed by atoms with Crippen LogP contribution in [0.25, 0.3) is 0 Å². The van der Waals surface area contributed by atoms with Crippen molar-refractivity contribution < 1.29 is 9.32 Å². The highest BCUT2D eigenvalue weighted by Gasteiger charge is 2.32. The van der Waals surface area contributed by atoms with Crippen molar-refractivity contribution in [2.45, 2.75) is 57.9 Å². The molecule has 2 aliphatic heterocycles. The Morgan fingerprint density at radius 2 is 1.90 bits per heavy atom. The quantitative estimate of drug-likeness (QED) is 0.834. The summed E-state index contributed by atoms with van der Waals surface area (Å²) in [6.07, 6.45) is 3.70. The van der Waals surface area contributed by atoms with Gasteiger partial charge in [0.15, 0.2) is 5.82 Å². The Kier molecular flexibility index (Phi) is 3.63. The number of hydrogen-bond donors (Lipinski definition) is 0. The summed E-state index contributed by atoms with van der Waals surface area (Å²) in [7, 11) is 0. The van der Waals surface area contributed by atoms with Crippen molar-refractivity contribution in [1.29, 1.82) is 0 Å². The van der Waals surface area contributed by atoms with Crippen LogP contribution in [0.3, 0.4) is 0 Å². The summed E-state index contributed by atoms with van der Waals surface area (Å²) in [4.78, 5) is 20.5. The van der Waals surface area contributed by atoms with Crippen LogP contribution in [0.2, 0.25) is 0 Å². The van der Waals surface area contributed by atoms with Crippen LogP contribution in [0.1, 0.15) is 52.3 Å². The molecule has 3 rings (SSSR count). The van der Waals surface area contributed by atoms with E-state index in [2.05, 4.69) is 40.7 Å². The van der Waals surface area contributed by atoms with E-state index in [-0.39, 0.29) is 5.41 Å². The molecule has 0 aliphatic carbocycles. The lowest BCUT2D eigenvalue weighted by atomic mass is 9.96. The number of likely N-dealkylation sites (tertiary alicyclic amines) is 1. The minimum Gasteiger partial charge on any atom is -0.340 e. The van der Waals surface area contributed by atoms with E-state index in [4.69, 9.17) is 4.52 Å². The minimum atomic E-state index is -0.0952. The van der Waals surface area contributed by atoms with E-state index in [1.807, 2.05) is 0 Å². The molecule has 2 saturated heterocycles. The third kappa shape index (κ3) is 2.89. The van der Waals surface area contributed by atoms with Gasteiger partial charge in [0.25, 0.3) is 0 Å². The number of aromatic nitrogens is 2. The number of hydrogen-bond acceptors (Lipinski definition) is 5. The largest absolute Gasteiger partial charge is 0.340 e. The van der Waals surface area contributed by atoms with E-state index in [9.17, 15) is 4.79 Å². The Morgan fingerprint density at radius 3 is 2.43 bits per heavy atom. The van der Waals surface area contributed by atoms with Gasteiger partial charge in [-0.15, -0.1) is 0 Å². The zero-order valence-electron chi connectivity index (χ0n) is 13.1. The second-order valence-electron chi connectivity index (χ2n) is 7.06. The first-order valence-corrected chi connectivity index (χ1v) is 7.84. The minimum absolute atomic E-state index is 0.0952. The summed E-state index contributed by atoms with van der Waals surface area (Å²) in [6.45, 7) is 8.91. The van der Waals surface area contributed by atoms with Crippen molar-refractivity contribution in [3.05, 3.63) is 5.82 Å². The first-order chi connectivity index (χ1) is 9.95. The van der Waals surface area contributed by atoms with Gasteiger partial charge in [0.05, 0.1) is 0 Å². The average Bonchev–Trinajstić information content (AvgIpc) is 3.07. The smallest absolute Gasteiger partial charge is 0.324 e. The fraction of sp³-hybridized carbons (Fsp3) is 0.800. The first kappa shape index (κ1) is 14.4. The van der Waals surface area contributed by atoms with Crippen molar-refractivity contribution in [2.75, 3.05) is 24.5 Å².